The highest BCUT2D eigenvalue weighted by Gasteiger charge is 2.31. The Morgan fingerprint density at radius 1 is 1.29 bits per heavy atom. The molecule has 1 saturated carbocycles. The van der Waals surface area contributed by atoms with Crippen molar-refractivity contribution in [3.8, 4) is 0 Å². The van der Waals surface area contributed by atoms with Crippen LogP contribution in [0, 0.1) is 5.92 Å². The zero-order valence-corrected chi connectivity index (χ0v) is 10.7. The molecule has 17 heavy (non-hydrogen) atoms. The molecule has 0 bridgehead atoms. The molecular weight excluding hydrogens is 238 g/mol. The first-order valence-corrected chi connectivity index (χ1v) is 6.94. The van der Waals surface area contributed by atoms with Crippen molar-refractivity contribution in [3.05, 3.63) is 29.8 Å². The number of sulfonamides is 1. The Balaban J connectivity index is 2.38. The Morgan fingerprint density at radius 3 is 2.47 bits per heavy atom. The third-order valence-corrected chi connectivity index (χ3v) is 4.66. The van der Waals surface area contributed by atoms with Crippen molar-refractivity contribution >= 4 is 15.8 Å². The summed E-state index contributed by atoms with van der Waals surface area (Å²) in [6, 6.07) is 6.27. The summed E-state index contributed by atoms with van der Waals surface area (Å²) in [7, 11) is -0.503. The third kappa shape index (κ3) is 2.40. The van der Waals surface area contributed by atoms with Gasteiger partial charge in [-0.2, -0.15) is 0 Å². The van der Waals surface area contributed by atoms with Gasteiger partial charge < -0.3 is 0 Å². The zero-order valence-electron chi connectivity index (χ0n) is 9.88. The molecule has 0 unspecified atom stereocenters. The Morgan fingerprint density at radius 2 is 1.94 bits per heavy atom. The van der Waals surface area contributed by atoms with E-state index in [1.165, 1.54) is 26.2 Å². The molecule has 5 heteroatoms. The average molecular weight is 253 g/mol. The fourth-order valence-electron chi connectivity index (χ4n) is 1.60. The van der Waals surface area contributed by atoms with Gasteiger partial charge in [0.1, 0.15) is 0 Å². The molecule has 1 fully saturated rings. The van der Waals surface area contributed by atoms with Crippen LogP contribution < -0.4 is 0 Å². The van der Waals surface area contributed by atoms with Gasteiger partial charge in [-0.05, 0) is 25.0 Å². The summed E-state index contributed by atoms with van der Waals surface area (Å²) in [6.07, 6.45) is 1.84. The van der Waals surface area contributed by atoms with Gasteiger partial charge in [-0.25, -0.2) is 12.7 Å². The first kappa shape index (κ1) is 12.3. The molecule has 0 amide bonds. The first-order valence-electron chi connectivity index (χ1n) is 5.50. The van der Waals surface area contributed by atoms with Gasteiger partial charge in [-0.3, -0.25) is 4.79 Å². The molecule has 92 valence electrons. The van der Waals surface area contributed by atoms with Crippen LogP contribution in [-0.4, -0.2) is 32.6 Å². The van der Waals surface area contributed by atoms with E-state index in [0.717, 1.165) is 17.1 Å². The largest absolute Gasteiger partial charge is 0.294 e. The van der Waals surface area contributed by atoms with Gasteiger partial charge in [0.2, 0.25) is 10.0 Å². The van der Waals surface area contributed by atoms with E-state index in [4.69, 9.17) is 0 Å². The van der Waals surface area contributed by atoms with Crippen LogP contribution in [-0.2, 0) is 10.0 Å². The van der Waals surface area contributed by atoms with Crippen LogP contribution in [0.5, 0.6) is 0 Å². The minimum Gasteiger partial charge on any atom is -0.294 e. The highest BCUT2D eigenvalue weighted by atomic mass is 32.2. The molecule has 0 atom stereocenters. The maximum Gasteiger partial charge on any atom is 0.242 e. The number of carbonyl (C=O) groups excluding carboxylic acids is 1. The molecule has 1 aromatic carbocycles. The van der Waals surface area contributed by atoms with Gasteiger partial charge in [0.25, 0.3) is 0 Å². The summed E-state index contributed by atoms with van der Waals surface area (Å²) < 4.78 is 25.0. The Kier molecular flexibility index (Phi) is 3.05. The van der Waals surface area contributed by atoms with Crippen LogP contribution in [0.15, 0.2) is 29.2 Å². The number of nitrogens with zero attached hydrogens (tertiary/aromatic N) is 1. The van der Waals surface area contributed by atoms with E-state index < -0.39 is 10.0 Å². The summed E-state index contributed by atoms with van der Waals surface area (Å²) in [5, 5.41) is 0. The fourth-order valence-corrected chi connectivity index (χ4v) is 2.55. The Hall–Kier alpha value is -1.20. The van der Waals surface area contributed by atoms with Crippen molar-refractivity contribution in [1.29, 1.82) is 0 Å². The predicted molar refractivity (Wildman–Crippen MR) is 64.4 cm³/mol. The highest BCUT2D eigenvalue weighted by Crippen LogP contribution is 2.33. The standard InChI is InChI=1S/C12H15NO3S/c1-13(2)17(15,16)11-5-3-4-10(8-11)12(14)9-6-7-9/h3-5,8-9H,6-7H2,1-2H3. The smallest absolute Gasteiger partial charge is 0.242 e. The molecule has 1 aliphatic carbocycles. The Labute approximate surface area is 101 Å². The molecule has 4 nitrogen and oxygen atoms in total. The minimum atomic E-state index is -3.46. The van der Waals surface area contributed by atoms with Crippen molar-refractivity contribution in [2.45, 2.75) is 17.7 Å². The van der Waals surface area contributed by atoms with Gasteiger partial charge in [-0.15, -0.1) is 0 Å². The lowest BCUT2D eigenvalue weighted by atomic mass is 10.1. The Bertz CT molecular complexity index is 545. The molecule has 0 saturated heterocycles. The molecule has 1 aromatic rings. The monoisotopic (exact) mass is 253 g/mol. The number of carbonyl (C=O) groups is 1. The average Bonchev–Trinajstić information content (AvgIpc) is 3.12. The lowest BCUT2D eigenvalue weighted by molar-refractivity contribution is 0.0967. The van der Waals surface area contributed by atoms with Crippen molar-refractivity contribution in [2.75, 3.05) is 14.1 Å². The maximum absolute atomic E-state index is 11.9. The summed E-state index contributed by atoms with van der Waals surface area (Å²) in [5.74, 6) is 0.160. The lowest BCUT2D eigenvalue weighted by Crippen LogP contribution is -2.22. The second-order valence-electron chi connectivity index (χ2n) is 4.45. The van der Waals surface area contributed by atoms with Crippen LogP contribution >= 0.6 is 0 Å². The molecular formula is C12H15NO3S. The van der Waals surface area contributed by atoms with Gasteiger partial charge in [0.15, 0.2) is 5.78 Å². The maximum atomic E-state index is 11.9. The van der Waals surface area contributed by atoms with Crippen LogP contribution in [0.1, 0.15) is 23.2 Å². The zero-order chi connectivity index (χ0) is 12.6. The van der Waals surface area contributed by atoms with Crippen molar-refractivity contribution in [2.24, 2.45) is 5.92 Å². The van der Waals surface area contributed by atoms with E-state index in [0.29, 0.717) is 5.56 Å². The molecule has 0 spiro atoms. The molecule has 2 rings (SSSR count). The number of ketones is 1. The SMILES string of the molecule is CN(C)S(=O)(=O)c1cccc(C(=O)C2CC2)c1. The van der Waals surface area contributed by atoms with E-state index in [-0.39, 0.29) is 16.6 Å². The number of benzene rings is 1. The number of hydrogen-bond acceptors (Lipinski definition) is 3. The quantitative estimate of drug-likeness (QED) is 0.765. The summed E-state index contributed by atoms with van der Waals surface area (Å²) in [6.45, 7) is 0. The minimum absolute atomic E-state index is 0.0563. The van der Waals surface area contributed by atoms with E-state index in [1.807, 2.05) is 0 Å². The van der Waals surface area contributed by atoms with E-state index >= 15 is 0 Å². The van der Waals surface area contributed by atoms with Gasteiger partial charge in [0, 0.05) is 25.6 Å². The van der Waals surface area contributed by atoms with Crippen LogP contribution in [0.25, 0.3) is 0 Å². The van der Waals surface area contributed by atoms with Crippen LogP contribution in [0.4, 0.5) is 0 Å². The normalized spacial score (nSPS) is 16.2. The van der Waals surface area contributed by atoms with Gasteiger partial charge in [0.05, 0.1) is 4.90 Å². The molecule has 0 aliphatic heterocycles. The van der Waals surface area contributed by atoms with E-state index in [2.05, 4.69) is 0 Å². The van der Waals surface area contributed by atoms with E-state index in [9.17, 15) is 13.2 Å². The summed E-state index contributed by atoms with van der Waals surface area (Å²) in [4.78, 5) is 12.0. The second-order valence-corrected chi connectivity index (χ2v) is 6.61. The van der Waals surface area contributed by atoms with Crippen molar-refractivity contribution in [3.63, 3.8) is 0 Å². The highest BCUT2D eigenvalue weighted by molar-refractivity contribution is 7.89. The lowest BCUT2D eigenvalue weighted by Gasteiger charge is -2.11. The third-order valence-electron chi connectivity index (χ3n) is 2.85. The number of rotatable bonds is 4. The van der Waals surface area contributed by atoms with Crippen LogP contribution in [0.3, 0.4) is 0 Å². The molecule has 0 N–H and O–H groups in total. The number of Topliss-reactive ketones (excluding diaryl/α,β-unsaturated/α-hetero) is 1. The molecule has 0 radical (unpaired) electrons. The summed E-state index contributed by atoms with van der Waals surface area (Å²) in [5.41, 5.74) is 0.496. The van der Waals surface area contributed by atoms with Gasteiger partial charge in [-0.1, -0.05) is 12.1 Å². The topological polar surface area (TPSA) is 54.5 Å². The van der Waals surface area contributed by atoms with E-state index in [1.54, 1.807) is 12.1 Å². The van der Waals surface area contributed by atoms with Crippen molar-refractivity contribution in [1.82, 2.24) is 4.31 Å². The van der Waals surface area contributed by atoms with Crippen molar-refractivity contribution < 1.29 is 13.2 Å². The summed E-state index contributed by atoms with van der Waals surface area (Å²) >= 11 is 0. The fraction of sp³-hybridized carbons (Fsp3) is 0.417. The van der Waals surface area contributed by atoms with Gasteiger partial charge >= 0.3 is 0 Å². The second kappa shape index (κ2) is 4.23. The molecule has 0 heterocycles. The number of hydrogen-bond donors (Lipinski definition) is 0. The predicted octanol–water partition coefficient (Wildman–Crippen LogP) is 1.53. The molecule has 1 aliphatic rings. The molecule has 0 aromatic heterocycles. The van der Waals surface area contributed by atoms with Crippen LogP contribution in [0.2, 0.25) is 0 Å². The first-order chi connectivity index (χ1) is 7.93.